The quantitative estimate of drug-likeness (QED) is 0.482. The van der Waals surface area contributed by atoms with E-state index >= 15 is 0 Å². The fraction of sp³-hybridized carbons (Fsp3) is 0.0952. The highest BCUT2D eigenvalue weighted by Crippen LogP contribution is 2.40. The number of aromatic hydroxyl groups is 2. The predicted molar refractivity (Wildman–Crippen MR) is 97.5 cm³/mol. The van der Waals surface area contributed by atoms with Crippen LogP contribution in [0.25, 0.3) is 11.1 Å². The molecule has 5 nitrogen and oxygen atoms in total. The Kier molecular flexibility index (Phi) is 4.91. The summed E-state index contributed by atoms with van der Waals surface area (Å²) in [5.41, 5.74) is 1.30. The number of aliphatic hydroxyl groups is 1. The van der Waals surface area contributed by atoms with E-state index in [0.717, 1.165) is 0 Å². The van der Waals surface area contributed by atoms with E-state index in [1.165, 1.54) is 12.1 Å². The first-order chi connectivity index (χ1) is 12.5. The third kappa shape index (κ3) is 3.25. The second-order valence-corrected chi connectivity index (χ2v) is 5.76. The summed E-state index contributed by atoms with van der Waals surface area (Å²) in [5, 5.41) is 30.9. The van der Waals surface area contributed by atoms with Crippen molar-refractivity contribution < 1.29 is 24.9 Å². The van der Waals surface area contributed by atoms with E-state index in [9.17, 15) is 20.1 Å². The number of Topliss-reactive ketones (excluding diaryl/α,β-unsaturated/α-hetero) is 1. The van der Waals surface area contributed by atoms with E-state index in [2.05, 4.69) is 0 Å². The number of hydrogen-bond acceptors (Lipinski definition) is 5. The number of carbonyl (C=O) groups is 1. The zero-order chi connectivity index (χ0) is 18.7. The van der Waals surface area contributed by atoms with Crippen LogP contribution in [0.4, 0.5) is 0 Å². The molecule has 26 heavy (non-hydrogen) atoms. The van der Waals surface area contributed by atoms with Gasteiger partial charge in [-0.3, -0.25) is 4.79 Å². The molecule has 5 heteroatoms. The molecule has 0 aliphatic rings. The summed E-state index contributed by atoms with van der Waals surface area (Å²) < 4.78 is 5.09. The van der Waals surface area contributed by atoms with Gasteiger partial charge < -0.3 is 20.1 Å². The summed E-state index contributed by atoms with van der Waals surface area (Å²) in [4.78, 5) is 12.5. The number of ketones is 1. The molecule has 3 rings (SSSR count). The Labute approximate surface area is 150 Å². The van der Waals surface area contributed by atoms with Gasteiger partial charge in [0.15, 0.2) is 17.3 Å². The number of benzene rings is 3. The SMILES string of the molecule is COc1ccc(-c2ccc(C(=O)C(O)c3ccccc3)c(O)c2O)cc1. The van der Waals surface area contributed by atoms with Crippen LogP contribution in [0.2, 0.25) is 0 Å². The van der Waals surface area contributed by atoms with Crippen LogP contribution in [0.15, 0.2) is 66.7 Å². The number of carbonyl (C=O) groups excluding carboxylic acids is 1. The third-order valence-electron chi connectivity index (χ3n) is 4.18. The molecule has 132 valence electrons. The van der Waals surface area contributed by atoms with Gasteiger partial charge in [-0.15, -0.1) is 0 Å². The Morgan fingerprint density at radius 1 is 0.885 bits per heavy atom. The second-order valence-electron chi connectivity index (χ2n) is 5.76. The van der Waals surface area contributed by atoms with Crippen molar-refractivity contribution >= 4 is 5.78 Å². The van der Waals surface area contributed by atoms with Gasteiger partial charge in [0.1, 0.15) is 11.9 Å². The van der Waals surface area contributed by atoms with E-state index in [1.807, 2.05) is 0 Å². The van der Waals surface area contributed by atoms with Gasteiger partial charge in [-0.1, -0.05) is 42.5 Å². The number of aliphatic hydroxyl groups excluding tert-OH is 1. The Balaban J connectivity index is 1.95. The molecule has 3 aromatic carbocycles. The molecule has 0 aliphatic heterocycles. The summed E-state index contributed by atoms with van der Waals surface area (Å²) in [6.45, 7) is 0. The molecule has 1 atom stereocenters. The van der Waals surface area contributed by atoms with Gasteiger partial charge in [0.05, 0.1) is 12.7 Å². The Hall–Kier alpha value is -3.31. The molecular weight excluding hydrogens is 332 g/mol. The molecule has 3 N–H and O–H groups in total. The zero-order valence-corrected chi connectivity index (χ0v) is 14.1. The summed E-state index contributed by atoms with van der Waals surface area (Å²) in [5.74, 6) is -1.000. The highest BCUT2D eigenvalue weighted by Gasteiger charge is 2.24. The minimum absolute atomic E-state index is 0.142. The fourth-order valence-electron chi connectivity index (χ4n) is 2.72. The zero-order valence-electron chi connectivity index (χ0n) is 14.1. The smallest absolute Gasteiger partial charge is 0.199 e. The first-order valence-corrected chi connectivity index (χ1v) is 7.99. The van der Waals surface area contributed by atoms with E-state index in [0.29, 0.717) is 22.4 Å². The van der Waals surface area contributed by atoms with Crippen molar-refractivity contribution in [1.29, 1.82) is 0 Å². The van der Waals surface area contributed by atoms with Gasteiger partial charge in [-0.25, -0.2) is 0 Å². The Morgan fingerprint density at radius 3 is 2.15 bits per heavy atom. The second kappa shape index (κ2) is 7.29. The van der Waals surface area contributed by atoms with Crippen LogP contribution < -0.4 is 4.74 Å². The van der Waals surface area contributed by atoms with Gasteiger partial charge in [0.25, 0.3) is 0 Å². The number of phenols is 2. The molecule has 0 radical (unpaired) electrons. The normalized spacial score (nSPS) is 11.8. The summed E-state index contributed by atoms with van der Waals surface area (Å²) in [6.07, 6.45) is -1.42. The lowest BCUT2D eigenvalue weighted by Gasteiger charge is -2.14. The molecule has 0 saturated heterocycles. The Morgan fingerprint density at radius 2 is 1.54 bits per heavy atom. The van der Waals surface area contributed by atoms with E-state index in [-0.39, 0.29) is 5.56 Å². The lowest BCUT2D eigenvalue weighted by atomic mass is 9.95. The van der Waals surface area contributed by atoms with Gasteiger partial charge in [-0.2, -0.15) is 0 Å². The molecule has 0 bridgehead atoms. The lowest BCUT2D eigenvalue weighted by Crippen LogP contribution is -2.12. The number of rotatable bonds is 5. The molecule has 3 aromatic rings. The third-order valence-corrected chi connectivity index (χ3v) is 4.18. The van der Waals surface area contributed by atoms with Crippen LogP contribution in [0, 0.1) is 0 Å². The maximum atomic E-state index is 12.5. The Bertz CT molecular complexity index is 917. The van der Waals surface area contributed by atoms with Crippen LogP contribution in [0.1, 0.15) is 22.0 Å². The number of ether oxygens (including phenoxy) is 1. The molecular formula is C21H18O5. The molecule has 0 fully saturated rings. The van der Waals surface area contributed by atoms with Crippen LogP contribution in [0.5, 0.6) is 17.2 Å². The molecule has 0 amide bonds. The molecule has 1 unspecified atom stereocenters. The van der Waals surface area contributed by atoms with Crippen molar-refractivity contribution in [3.05, 3.63) is 77.9 Å². The molecule has 0 aliphatic carbocycles. The minimum atomic E-state index is -1.42. The fourth-order valence-corrected chi connectivity index (χ4v) is 2.72. The van der Waals surface area contributed by atoms with E-state index in [1.54, 1.807) is 61.7 Å². The van der Waals surface area contributed by atoms with Crippen molar-refractivity contribution in [2.24, 2.45) is 0 Å². The van der Waals surface area contributed by atoms with Gasteiger partial charge >= 0.3 is 0 Å². The van der Waals surface area contributed by atoms with Crippen molar-refractivity contribution in [3.63, 3.8) is 0 Å². The monoisotopic (exact) mass is 350 g/mol. The topological polar surface area (TPSA) is 87.0 Å². The maximum Gasteiger partial charge on any atom is 0.199 e. The van der Waals surface area contributed by atoms with Crippen molar-refractivity contribution in [3.8, 4) is 28.4 Å². The highest BCUT2D eigenvalue weighted by atomic mass is 16.5. The van der Waals surface area contributed by atoms with Crippen molar-refractivity contribution in [2.75, 3.05) is 7.11 Å². The first-order valence-electron chi connectivity index (χ1n) is 7.99. The average Bonchev–Trinajstić information content (AvgIpc) is 2.70. The van der Waals surface area contributed by atoms with Crippen LogP contribution >= 0.6 is 0 Å². The van der Waals surface area contributed by atoms with Gasteiger partial charge in [0.2, 0.25) is 0 Å². The maximum absolute atomic E-state index is 12.5. The van der Waals surface area contributed by atoms with Crippen LogP contribution in [-0.4, -0.2) is 28.2 Å². The average molecular weight is 350 g/mol. The number of hydrogen-bond donors (Lipinski definition) is 3. The lowest BCUT2D eigenvalue weighted by molar-refractivity contribution is 0.0744. The van der Waals surface area contributed by atoms with Crippen LogP contribution in [0.3, 0.4) is 0 Å². The first kappa shape index (κ1) is 17.5. The molecule has 0 aromatic heterocycles. The molecule has 0 spiro atoms. The molecule has 0 heterocycles. The summed E-state index contributed by atoms with van der Waals surface area (Å²) >= 11 is 0. The minimum Gasteiger partial charge on any atom is -0.504 e. The number of phenolic OH excluding ortho intramolecular Hbond substituents is 2. The van der Waals surface area contributed by atoms with Gasteiger partial charge in [0, 0.05) is 5.56 Å². The largest absolute Gasteiger partial charge is 0.504 e. The van der Waals surface area contributed by atoms with E-state index < -0.39 is 23.4 Å². The highest BCUT2D eigenvalue weighted by molar-refractivity contribution is 6.03. The number of methoxy groups -OCH3 is 1. The standard InChI is InChI=1S/C21H18O5/c1-26-15-9-7-13(8-10-15)16-11-12-17(21(25)19(16)23)20(24)18(22)14-5-3-2-4-6-14/h2-12,18,22-23,25H,1H3. The van der Waals surface area contributed by atoms with Crippen molar-refractivity contribution in [1.82, 2.24) is 0 Å². The predicted octanol–water partition coefficient (Wildman–Crippen LogP) is 3.69. The molecule has 0 saturated carbocycles. The van der Waals surface area contributed by atoms with Crippen molar-refractivity contribution in [2.45, 2.75) is 6.10 Å². The summed E-state index contributed by atoms with van der Waals surface area (Å²) in [6, 6.07) is 18.2. The summed E-state index contributed by atoms with van der Waals surface area (Å²) in [7, 11) is 1.55. The van der Waals surface area contributed by atoms with Gasteiger partial charge in [-0.05, 0) is 35.4 Å². The van der Waals surface area contributed by atoms with E-state index in [4.69, 9.17) is 4.74 Å². The van der Waals surface area contributed by atoms with Crippen LogP contribution in [-0.2, 0) is 0 Å².